The van der Waals surface area contributed by atoms with Gasteiger partial charge < -0.3 is 4.74 Å². The fourth-order valence-corrected chi connectivity index (χ4v) is 3.85. The van der Waals surface area contributed by atoms with Crippen molar-refractivity contribution in [3.05, 3.63) is 88.8 Å². The molecule has 1 N–H and O–H groups in total. The van der Waals surface area contributed by atoms with Gasteiger partial charge in [0.05, 0.1) is 14.2 Å². The van der Waals surface area contributed by atoms with Crippen molar-refractivity contribution in [2.75, 3.05) is 21.3 Å². The van der Waals surface area contributed by atoms with Crippen LogP contribution in [0.4, 0.5) is 0 Å². The Morgan fingerprint density at radius 2 is 1.76 bits per heavy atom. The number of carbonyl (C=O) groups excluding carboxylic acids is 1. The van der Waals surface area contributed by atoms with Crippen LogP contribution in [-0.2, 0) is 16.7 Å². The van der Waals surface area contributed by atoms with E-state index in [1.807, 2.05) is 36.4 Å². The van der Waals surface area contributed by atoms with Crippen molar-refractivity contribution in [3.63, 3.8) is 0 Å². The maximum Gasteiger partial charge on any atom is 0.298 e. The molecule has 148 valence electrons. The molecule has 3 aromatic rings. The maximum atomic E-state index is 12.6. The maximum absolute atomic E-state index is 12.6. The number of ether oxygens (including phenoxy) is 1. The van der Waals surface area contributed by atoms with Gasteiger partial charge in [-0.2, -0.15) is 5.10 Å². The number of hydroxylamine groups is 2. The molecule has 0 aliphatic heterocycles. The first kappa shape index (κ1) is 19.0. The minimum absolute atomic E-state index is 0.286. The molecule has 0 bridgehead atoms. The average molecular weight is 389 g/mol. The number of fused-ring (bicyclic) bond motifs is 1. The number of H-pyrrole nitrogens is 1. The average Bonchev–Trinajstić information content (AvgIpc) is 3.21. The summed E-state index contributed by atoms with van der Waals surface area (Å²) in [7, 11) is 4.69. The molecule has 6 heteroatoms. The number of hydrogen-bond donors (Lipinski definition) is 1. The number of allylic oxidation sites excluding steroid dienone is 1. The zero-order valence-corrected chi connectivity index (χ0v) is 16.7. The molecule has 1 atom stereocenters. The van der Waals surface area contributed by atoms with Crippen LogP contribution in [0.15, 0.2) is 60.7 Å². The Hall–Kier alpha value is -3.38. The van der Waals surface area contributed by atoms with Crippen LogP contribution in [0, 0.1) is 0 Å². The number of hydrogen-bond acceptors (Lipinski definition) is 4. The highest BCUT2D eigenvalue weighted by molar-refractivity contribution is 5.96. The third kappa shape index (κ3) is 3.21. The molecule has 1 amide bonds. The van der Waals surface area contributed by atoms with E-state index in [0.29, 0.717) is 12.1 Å². The van der Waals surface area contributed by atoms with E-state index < -0.39 is 0 Å². The number of amides is 1. The smallest absolute Gasteiger partial charge is 0.298 e. The Bertz CT molecular complexity index is 1040. The molecule has 1 heterocycles. The van der Waals surface area contributed by atoms with Gasteiger partial charge >= 0.3 is 0 Å². The number of nitrogens with one attached hydrogen (secondary N) is 1. The Morgan fingerprint density at radius 1 is 1.07 bits per heavy atom. The lowest BCUT2D eigenvalue weighted by Gasteiger charge is -2.34. The lowest BCUT2D eigenvalue weighted by atomic mass is 9.68. The molecular weight excluding hydrogens is 366 g/mol. The summed E-state index contributed by atoms with van der Waals surface area (Å²) in [5.41, 5.74) is 4.02. The number of nitrogens with zero attached hydrogens (tertiary/aromatic N) is 2. The summed E-state index contributed by atoms with van der Waals surface area (Å²) in [6.07, 6.45) is 4.80. The van der Waals surface area contributed by atoms with Crippen LogP contribution in [0.5, 0.6) is 5.75 Å². The van der Waals surface area contributed by atoms with Crippen LogP contribution in [-0.4, -0.2) is 42.4 Å². The highest BCUT2D eigenvalue weighted by Gasteiger charge is 2.37. The van der Waals surface area contributed by atoms with Crippen LogP contribution in [0.1, 0.15) is 32.9 Å². The first-order valence-electron chi connectivity index (χ1n) is 9.38. The van der Waals surface area contributed by atoms with Crippen LogP contribution >= 0.6 is 0 Å². The van der Waals surface area contributed by atoms with Gasteiger partial charge in [0.2, 0.25) is 0 Å². The molecule has 0 saturated carbocycles. The molecule has 1 aromatic heterocycles. The highest BCUT2D eigenvalue weighted by atomic mass is 16.7. The first-order valence-corrected chi connectivity index (χ1v) is 9.38. The van der Waals surface area contributed by atoms with Crippen molar-refractivity contribution in [1.29, 1.82) is 0 Å². The van der Waals surface area contributed by atoms with Crippen molar-refractivity contribution in [2.24, 2.45) is 0 Å². The molecule has 0 radical (unpaired) electrons. The van der Waals surface area contributed by atoms with E-state index in [2.05, 4.69) is 40.5 Å². The summed E-state index contributed by atoms with van der Waals surface area (Å²) in [5, 5.41) is 8.53. The number of methoxy groups -OCH3 is 1. The molecule has 1 unspecified atom stereocenters. The third-order valence-corrected chi connectivity index (χ3v) is 5.53. The predicted molar refractivity (Wildman–Crippen MR) is 111 cm³/mol. The second-order valence-corrected chi connectivity index (χ2v) is 7.03. The lowest BCUT2D eigenvalue weighted by Crippen LogP contribution is -2.31. The van der Waals surface area contributed by atoms with Gasteiger partial charge in [-0.3, -0.25) is 14.7 Å². The van der Waals surface area contributed by atoms with E-state index in [1.165, 1.54) is 17.7 Å². The van der Waals surface area contributed by atoms with E-state index in [4.69, 9.17) is 9.57 Å². The molecule has 1 aliphatic carbocycles. The molecule has 0 fully saturated rings. The minimum Gasteiger partial charge on any atom is -0.497 e. The summed E-state index contributed by atoms with van der Waals surface area (Å²) in [6.45, 7) is 0. The fourth-order valence-electron chi connectivity index (χ4n) is 3.85. The summed E-state index contributed by atoms with van der Waals surface area (Å²) in [5.74, 6) is 0.528. The van der Waals surface area contributed by atoms with Crippen molar-refractivity contribution in [1.82, 2.24) is 15.3 Å². The lowest BCUT2D eigenvalue weighted by molar-refractivity contribution is -0.0760. The van der Waals surface area contributed by atoms with Crippen molar-refractivity contribution < 1.29 is 14.4 Å². The van der Waals surface area contributed by atoms with Gasteiger partial charge in [-0.15, -0.1) is 0 Å². The Balaban J connectivity index is 1.81. The monoisotopic (exact) mass is 389 g/mol. The summed E-state index contributed by atoms with van der Waals surface area (Å²) >= 11 is 0. The normalized spacial score (nSPS) is 17.6. The zero-order valence-electron chi connectivity index (χ0n) is 16.7. The molecule has 1 aliphatic rings. The number of aromatic nitrogens is 2. The Morgan fingerprint density at radius 3 is 2.41 bits per heavy atom. The second-order valence-electron chi connectivity index (χ2n) is 7.03. The largest absolute Gasteiger partial charge is 0.497 e. The van der Waals surface area contributed by atoms with E-state index in [9.17, 15) is 4.79 Å². The van der Waals surface area contributed by atoms with Gasteiger partial charge in [-0.05, 0) is 23.3 Å². The van der Waals surface area contributed by atoms with E-state index >= 15 is 0 Å². The number of rotatable bonds is 5. The molecule has 6 nitrogen and oxygen atoms in total. The zero-order chi connectivity index (χ0) is 20.4. The van der Waals surface area contributed by atoms with E-state index in [1.54, 1.807) is 14.2 Å². The van der Waals surface area contributed by atoms with Crippen molar-refractivity contribution in [3.8, 4) is 5.75 Å². The number of aromatic amines is 1. The van der Waals surface area contributed by atoms with E-state index in [-0.39, 0.29) is 11.3 Å². The predicted octanol–water partition coefficient (Wildman–Crippen LogP) is 3.61. The van der Waals surface area contributed by atoms with Gasteiger partial charge in [0, 0.05) is 30.1 Å². The summed E-state index contributed by atoms with van der Waals surface area (Å²) in [4.78, 5) is 17.6. The van der Waals surface area contributed by atoms with Gasteiger partial charge in [0.25, 0.3) is 5.91 Å². The standard InChI is InChI=1S/C23H23N3O3/c1-26(29-3)22(27)21-19-13-14-23(15-20(19)24-25-21,16-7-5-4-6-8-16)17-9-11-18(28-2)12-10-17/h4-14H,15H2,1-3H3,(H,24,25). The van der Waals surface area contributed by atoms with Crippen molar-refractivity contribution in [2.45, 2.75) is 11.8 Å². The molecule has 0 saturated heterocycles. The Labute approximate surface area is 169 Å². The van der Waals surface area contributed by atoms with Gasteiger partial charge in [-0.1, -0.05) is 54.6 Å². The number of benzene rings is 2. The summed E-state index contributed by atoms with van der Waals surface area (Å²) in [6, 6.07) is 18.5. The topological polar surface area (TPSA) is 67.4 Å². The summed E-state index contributed by atoms with van der Waals surface area (Å²) < 4.78 is 5.33. The molecule has 2 aromatic carbocycles. The van der Waals surface area contributed by atoms with Gasteiger partial charge in [0.15, 0.2) is 5.69 Å². The fraction of sp³-hybridized carbons (Fsp3) is 0.217. The van der Waals surface area contributed by atoms with Gasteiger partial charge in [0.1, 0.15) is 5.75 Å². The molecule has 29 heavy (non-hydrogen) atoms. The van der Waals surface area contributed by atoms with Crippen molar-refractivity contribution >= 4 is 12.0 Å². The molecule has 4 rings (SSSR count). The SMILES string of the molecule is COc1ccc(C2(c3ccccc3)C=Cc3c(C(=O)N(C)OC)n[nH]c3C2)cc1. The van der Waals surface area contributed by atoms with Crippen LogP contribution in [0.25, 0.3) is 6.08 Å². The van der Waals surface area contributed by atoms with Gasteiger partial charge in [-0.25, -0.2) is 5.06 Å². The number of carbonyl (C=O) groups is 1. The Kier molecular flexibility index (Phi) is 4.94. The third-order valence-electron chi connectivity index (χ3n) is 5.53. The van der Waals surface area contributed by atoms with Crippen LogP contribution in [0.3, 0.4) is 0 Å². The minimum atomic E-state index is -0.374. The van der Waals surface area contributed by atoms with E-state index in [0.717, 1.165) is 22.6 Å². The van der Waals surface area contributed by atoms with Crippen LogP contribution < -0.4 is 4.74 Å². The molecule has 0 spiro atoms. The molecular formula is C23H23N3O3. The quantitative estimate of drug-likeness (QED) is 0.677. The second kappa shape index (κ2) is 7.56. The first-order chi connectivity index (χ1) is 14.1. The van der Waals surface area contributed by atoms with Crippen LogP contribution in [0.2, 0.25) is 0 Å². The highest BCUT2D eigenvalue weighted by Crippen LogP contribution is 2.42.